The monoisotopic (exact) mass is 290 g/mol. The minimum Gasteiger partial charge on any atom is -0.491 e. The van der Waals surface area contributed by atoms with Crippen molar-refractivity contribution in [3.8, 4) is 5.75 Å². The number of aliphatic carboxylic acids is 1. The summed E-state index contributed by atoms with van der Waals surface area (Å²) >= 11 is 0. The van der Waals surface area contributed by atoms with Gasteiger partial charge >= 0.3 is 12.0 Å². The number of nitrogens with zero attached hydrogens (tertiary/aromatic N) is 2. The molecule has 1 atom stereocenters. The summed E-state index contributed by atoms with van der Waals surface area (Å²) in [5, 5.41) is 9.03. The fourth-order valence-electron chi connectivity index (χ4n) is 2.82. The first-order chi connectivity index (χ1) is 10.1. The first-order valence-corrected chi connectivity index (χ1v) is 7.12. The van der Waals surface area contributed by atoms with E-state index in [4.69, 9.17) is 9.84 Å². The highest BCUT2D eigenvalue weighted by molar-refractivity contribution is 5.77. The summed E-state index contributed by atoms with van der Waals surface area (Å²) in [5.41, 5.74) is 0.984. The highest BCUT2D eigenvalue weighted by Gasteiger charge is 2.33. The number of fused-ring (bicyclic) bond motifs is 1. The molecule has 1 aromatic rings. The largest absolute Gasteiger partial charge is 0.491 e. The summed E-state index contributed by atoms with van der Waals surface area (Å²) in [7, 11) is 0. The van der Waals surface area contributed by atoms with E-state index in [1.807, 2.05) is 24.3 Å². The topological polar surface area (TPSA) is 70.1 Å². The number of amides is 2. The predicted molar refractivity (Wildman–Crippen MR) is 75.1 cm³/mol. The summed E-state index contributed by atoms with van der Waals surface area (Å²) in [6.45, 7) is 2.28. The van der Waals surface area contributed by atoms with Crippen molar-refractivity contribution in [2.45, 2.75) is 13.0 Å². The van der Waals surface area contributed by atoms with E-state index in [1.165, 1.54) is 0 Å². The summed E-state index contributed by atoms with van der Waals surface area (Å²) in [4.78, 5) is 26.9. The molecule has 1 unspecified atom stereocenters. The molecule has 2 aliphatic heterocycles. The van der Waals surface area contributed by atoms with Gasteiger partial charge in [0.05, 0.1) is 19.0 Å². The van der Waals surface area contributed by atoms with Gasteiger partial charge in [-0.1, -0.05) is 18.2 Å². The zero-order valence-electron chi connectivity index (χ0n) is 11.7. The van der Waals surface area contributed by atoms with Crippen LogP contribution in [0, 0.1) is 5.92 Å². The third-order valence-corrected chi connectivity index (χ3v) is 4.03. The van der Waals surface area contributed by atoms with Gasteiger partial charge in [-0.15, -0.1) is 0 Å². The lowest BCUT2D eigenvalue weighted by Gasteiger charge is -2.26. The third-order valence-electron chi connectivity index (χ3n) is 4.03. The number of para-hydroxylation sites is 1. The van der Waals surface area contributed by atoms with Gasteiger partial charge in [-0.05, 0) is 12.5 Å². The number of ether oxygens (including phenoxy) is 1. The van der Waals surface area contributed by atoms with Crippen LogP contribution in [0.25, 0.3) is 0 Å². The van der Waals surface area contributed by atoms with Crippen molar-refractivity contribution in [2.75, 3.05) is 26.2 Å². The zero-order valence-corrected chi connectivity index (χ0v) is 11.7. The number of carbonyl (C=O) groups excluding carboxylic acids is 1. The van der Waals surface area contributed by atoms with Crippen LogP contribution < -0.4 is 4.74 Å². The molecular formula is C15H18N2O4. The molecule has 0 saturated carbocycles. The van der Waals surface area contributed by atoms with Gasteiger partial charge in [0.1, 0.15) is 12.4 Å². The van der Waals surface area contributed by atoms with Crippen LogP contribution in [0.2, 0.25) is 0 Å². The van der Waals surface area contributed by atoms with Gasteiger partial charge in [0.25, 0.3) is 0 Å². The molecule has 0 aliphatic carbocycles. The lowest BCUT2D eigenvalue weighted by molar-refractivity contribution is -0.141. The molecule has 6 nitrogen and oxygen atoms in total. The molecule has 0 radical (unpaired) electrons. The summed E-state index contributed by atoms with van der Waals surface area (Å²) < 4.78 is 5.64. The Morgan fingerprint density at radius 3 is 2.76 bits per heavy atom. The average Bonchev–Trinajstić information content (AvgIpc) is 2.87. The van der Waals surface area contributed by atoms with E-state index >= 15 is 0 Å². The first kappa shape index (κ1) is 13.7. The molecule has 2 aliphatic rings. The van der Waals surface area contributed by atoms with Crippen LogP contribution in [0.5, 0.6) is 5.75 Å². The van der Waals surface area contributed by atoms with Gasteiger partial charge in [0.2, 0.25) is 0 Å². The van der Waals surface area contributed by atoms with Crippen molar-refractivity contribution in [1.29, 1.82) is 0 Å². The van der Waals surface area contributed by atoms with Crippen molar-refractivity contribution in [3.63, 3.8) is 0 Å². The lowest BCUT2D eigenvalue weighted by atomic mass is 10.1. The first-order valence-electron chi connectivity index (χ1n) is 7.12. The van der Waals surface area contributed by atoms with Crippen LogP contribution in [0.4, 0.5) is 4.79 Å². The molecule has 21 heavy (non-hydrogen) atoms. The standard InChI is InChI=1S/C15H18N2O4/c18-14(19)12-5-6-16(10-12)15(20)17-7-8-21-13-4-2-1-3-11(13)9-17/h1-4,12H,5-10H2,(H,18,19). The Balaban J connectivity index is 1.70. The maximum atomic E-state index is 12.5. The SMILES string of the molecule is O=C(O)C1CCN(C(=O)N2CCOc3ccccc3C2)C1. The van der Waals surface area contributed by atoms with Crippen LogP contribution >= 0.6 is 0 Å². The van der Waals surface area contributed by atoms with Crippen molar-refractivity contribution in [3.05, 3.63) is 29.8 Å². The molecule has 0 bridgehead atoms. The maximum absolute atomic E-state index is 12.5. The second-order valence-corrected chi connectivity index (χ2v) is 5.43. The Morgan fingerprint density at radius 2 is 2.00 bits per heavy atom. The van der Waals surface area contributed by atoms with Gasteiger partial charge in [-0.2, -0.15) is 0 Å². The number of urea groups is 1. The van der Waals surface area contributed by atoms with Gasteiger partial charge in [-0.25, -0.2) is 4.79 Å². The highest BCUT2D eigenvalue weighted by atomic mass is 16.5. The zero-order chi connectivity index (χ0) is 14.8. The van der Waals surface area contributed by atoms with E-state index < -0.39 is 11.9 Å². The van der Waals surface area contributed by atoms with Gasteiger partial charge in [0, 0.05) is 18.7 Å². The summed E-state index contributed by atoms with van der Waals surface area (Å²) in [6.07, 6.45) is 0.530. The van der Waals surface area contributed by atoms with Crippen molar-refractivity contribution in [1.82, 2.24) is 9.80 Å². The van der Waals surface area contributed by atoms with E-state index in [9.17, 15) is 9.59 Å². The minimum absolute atomic E-state index is 0.0981. The number of rotatable bonds is 1. The van der Waals surface area contributed by atoms with Crippen LogP contribution in [0.15, 0.2) is 24.3 Å². The summed E-state index contributed by atoms with van der Waals surface area (Å²) in [6, 6.07) is 7.59. The van der Waals surface area contributed by atoms with Crippen molar-refractivity contribution >= 4 is 12.0 Å². The molecule has 6 heteroatoms. The Morgan fingerprint density at radius 1 is 1.19 bits per heavy atom. The van der Waals surface area contributed by atoms with E-state index in [0.29, 0.717) is 39.2 Å². The number of carboxylic acids is 1. The quantitative estimate of drug-likeness (QED) is 0.849. The van der Waals surface area contributed by atoms with Crippen molar-refractivity contribution < 1.29 is 19.4 Å². The number of hydrogen-bond acceptors (Lipinski definition) is 3. The van der Waals surface area contributed by atoms with Gasteiger partial charge in [0.15, 0.2) is 0 Å². The van der Waals surface area contributed by atoms with Crippen molar-refractivity contribution in [2.24, 2.45) is 5.92 Å². The summed E-state index contributed by atoms with van der Waals surface area (Å²) in [5.74, 6) is -0.447. The lowest BCUT2D eigenvalue weighted by Crippen LogP contribution is -2.43. The fraction of sp³-hybridized carbons (Fsp3) is 0.467. The molecule has 0 spiro atoms. The smallest absolute Gasteiger partial charge is 0.320 e. The Bertz CT molecular complexity index is 560. The predicted octanol–water partition coefficient (Wildman–Crippen LogP) is 1.41. The molecule has 1 fully saturated rings. The molecule has 112 valence electrons. The third kappa shape index (κ3) is 2.79. The Kier molecular flexibility index (Phi) is 3.68. The molecular weight excluding hydrogens is 272 g/mol. The van der Waals surface area contributed by atoms with E-state index in [1.54, 1.807) is 9.80 Å². The second kappa shape index (κ2) is 5.63. The van der Waals surface area contributed by atoms with Crippen LogP contribution in [0.1, 0.15) is 12.0 Å². The maximum Gasteiger partial charge on any atom is 0.320 e. The fourth-order valence-corrected chi connectivity index (χ4v) is 2.82. The van der Waals surface area contributed by atoms with E-state index in [-0.39, 0.29) is 6.03 Å². The number of hydrogen-bond donors (Lipinski definition) is 1. The highest BCUT2D eigenvalue weighted by Crippen LogP contribution is 2.24. The van der Waals surface area contributed by atoms with E-state index in [0.717, 1.165) is 11.3 Å². The van der Waals surface area contributed by atoms with Crippen LogP contribution in [0.3, 0.4) is 0 Å². The van der Waals surface area contributed by atoms with Gasteiger partial charge in [-0.3, -0.25) is 4.79 Å². The minimum atomic E-state index is -0.824. The molecule has 1 aromatic carbocycles. The normalized spacial score (nSPS) is 21.4. The Hall–Kier alpha value is -2.24. The number of carbonyl (C=O) groups is 2. The second-order valence-electron chi connectivity index (χ2n) is 5.43. The molecule has 1 saturated heterocycles. The average molecular weight is 290 g/mol. The number of likely N-dealkylation sites (tertiary alicyclic amines) is 1. The number of carboxylic acid groups (broad SMARTS) is 1. The number of benzene rings is 1. The van der Waals surface area contributed by atoms with Crippen LogP contribution in [-0.4, -0.2) is 53.1 Å². The molecule has 0 aromatic heterocycles. The molecule has 2 amide bonds. The Labute approximate surface area is 122 Å². The molecule has 2 heterocycles. The van der Waals surface area contributed by atoms with E-state index in [2.05, 4.69) is 0 Å². The molecule has 1 N–H and O–H groups in total. The van der Waals surface area contributed by atoms with Crippen LogP contribution in [-0.2, 0) is 11.3 Å². The molecule has 3 rings (SSSR count). The van der Waals surface area contributed by atoms with Gasteiger partial charge < -0.3 is 19.6 Å².